The molecule has 0 saturated heterocycles. The number of carbonyl (C=O) groups is 1. The third kappa shape index (κ3) is 2.21. The molecule has 1 aliphatic rings. The molecule has 1 atom stereocenters. The Hall–Kier alpha value is -1.90. The summed E-state index contributed by atoms with van der Waals surface area (Å²) in [5.74, 6) is 1.26. The second kappa shape index (κ2) is 5.00. The van der Waals surface area contributed by atoms with Gasteiger partial charge in [0.25, 0.3) is 0 Å². The molecule has 1 unspecified atom stereocenters. The van der Waals surface area contributed by atoms with Crippen molar-refractivity contribution in [2.24, 2.45) is 0 Å². The maximum absolute atomic E-state index is 12.6. The SMILES string of the molecule is CCc1ccc(C(=O)C2CCCc3cccnc32)o1. The summed E-state index contributed by atoms with van der Waals surface area (Å²) in [4.78, 5) is 17.0. The van der Waals surface area contributed by atoms with Crippen LogP contribution in [0, 0.1) is 0 Å². The maximum atomic E-state index is 12.6. The Morgan fingerprint density at radius 2 is 2.32 bits per heavy atom. The fraction of sp³-hybridized carbons (Fsp3) is 0.375. The Labute approximate surface area is 112 Å². The van der Waals surface area contributed by atoms with Crippen LogP contribution in [0.2, 0.25) is 0 Å². The summed E-state index contributed by atoms with van der Waals surface area (Å²) in [6.45, 7) is 2.02. The standard InChI is InChI=1S/C16H17NO2/c1-2-12-8-9-14(19-12)16(18)13-7-3-5-11-6-4-10-17-15(11)13/h4,6,8-10,13H,2-3,5,7H2,1H3. The van der Waals surface area contributed by atoms with Crippen LogP contribution in [0.4, 0.5) is 0 Å². The highest BCUT2D eigenvalue weighted by Gasteiger charge is 2.30. The van der Waals surface area contributed by atoms with Crippen LogP contribution in [-0.2, 0) is 12.8 Å². The van der Waals surface area contributed by atoms with Crippen LogP contribution < -0.4 is 0 Å². The summed E-state index contributed by atoms with van der Waals surface area (Å²) in [5, 5.41) is 0. The number of Topliss-reactive ketones (excluding diaryl/α,β-unsaturated/α-hetero) is 1. The van der Waals surface area contributed by atoms with Gasteiger partial charge < -0.3 is 4.42 Å². The molecular formula is C16H17NO2. The van der Waals surface area contributed by atoms with Gasteiger partial charge >= 0.3 is 0 Å². The summed E-state index contributed by atoms with van der Waals surface area (Å²) in [6, 6.07) is 7.68. The normalized spacial score (nSPS) is 18.1. The smallest absolute Gasteiger partial charge is 0.207 e. The first-order chi connectivity index (χ1) is 9.29. The third-order valence-electron chi connectivity index (χ3n) is 3.76. The summed E-state index contributed by atoms with van der Waals surface area (Å²) in [7, 11) is 0. The second-order valence-corrected chi connectivity index (χ2v) is 4.98. The van der Waals surface area contributed by atoms with Crippen molar-refractivity contribution in [1.29, 1.82) is 0 Å². The lowest BCUT2D eigenvalue weighted by Crippen LogP contribution is -2.19. The first kappa shape index (κ1) is 12.2. The van der Waals surface area contributed by atoms with Gasteiger partial charge in [0.1, 0.15) is 5.76 Å². The number of fused-ring (bicyclic) bond motifs is 1. The Morgan fingerprint density at radius 3 is 3.11 bits per heavy atom. The maximum Gasteiger partial charge on any atom is 0.207 e. The minimum Gasteiger partial charge on any atom is -0.458 e. The third-order valence-corrected chi connectivity index (χ3v) is 3.76. The van der Waals surface area contributed by atoms with Crippen LogP contribution >= 0.6 is 0 Å². The van der Waals surface area contributed by atoms with E-state index in [-0.39, 0.29) is 11.7 Å². The van der Waals surface area contributed by atoms with E-state index in [4.69, 9.17) is 4.42 Å². The Morgan fingerprint density at radius 1 is 1.42 bits per heavy atom. The van der Waals surface area contributed by atoms with Crippen molar-refractivity contribution in [3.63, 3.8) is 0 Å². The Balaban J connectivity index is 1.93. The Kier molecular flexibility index (Phi) is 3.20. The van der Waals surface area contributed by atoms with E-state index in [0.717, 1.165) is 37.1 Å². The van der Waals surface area contributed by atoms with Crippen molar-refractivity contribution in [3.8, 4) is 0 Å². The molecule has 2 heterocycles. The van der Waals surface area contributed by atoms with Gasteiger partial charge in [-0.3, -0.25) is 9.78 Å². The molecule has 0 radical (unpaired) electrons. The van der Waals surface area contributed by atoms with Gasteiger partial charge in [-0.15, -0.1) is 0 Å². The lowest BCUT2D eigenvalue weighted by molar-refractivity contribution is 0.0919. The highest BCUT2D eigenvalue weighted by molar-refractivity contribution is 5.98. The van der Waals surface area contributed by atoms with Gasteiger partial charge in [-0.05, 0) is 43.0 Å². The van der Waals surface area contributed by atoms with E-state index >= 15 is 0 Å². The molecule has 2 aromatic rings. The topological polar surface area (TPSA) is 43.1 Å². The van der Waals surface area contributed by atoms with E-state index in [0.29, 0.717) is 5.76 Å². The van der Waals surface area contributed by atoms with Crippen LogP contribution in [0.5, 0.6) is 0 Å². The number of aromatic nitrogens is 1. The average Bonchev–Trinajstić information content (AvgIpc) is 2.95. The molecule has 3 nitrogen and oxygen atoms in total. The minimum atomic E-state index is -0.138. The molecule has 0 saturated carbocycles. The molecule has 3 rings (SSSR count). The minimum absolute atomic E-state index is 0.0688. The molecule has 2 aromatic heterocycles. The predicted octanol–water partition coefficient (Wildman–Crippen LogP) is 3.54. The number of ketones is 1. The number of carbonyl (C=O) groups excluding carboxylic acids is 1. The average molecular weight is 255 g/mol. The quantitative estimate of drug-likeness (QED) is 0.788. The van der Waals surface area contributed by atoms with Crippen molar-refractivity contribution >= 4 is 5.78 Å². The zero-order valence-electron chi connectivity index (χ0n) is 11.1. The number of furan rings is 1. The van der Waals surface area contributed by atoms with Crippen molar-refractivity contribution in [1.82, 2.24) is 4.98 Å². The van der Waals surface area contributed by atoms with Gasteiger partial charge in [-0.25, -0.2) is 0 Å². The number of pyridine rings is 1. The van der Waals surface area contributed by atoms with Crippen molar-refractivity contribution in [2.75, 3.05) is 0 Å². The number of aryl methyl sites for hydroxylation is 2. The first-order valence-corrected chi connectivity index (χ1v) is 6.86. The molecule has 0 aromatic carbocycles. The van der Waals surface area contributed by atoms with Gasteiger partial charge in [0.15, 0.2) is 5.76 Å². The summed E-state index contributed by atoms with van der Waals surface area (Å²) < 4.78 is 5.59. The summed E-state index contributed by atoms with van der Waals surface area (Å²) in [5.41, 5.74) is 2.14. The molecule has 0 N–H and O–H groups in total. The van der Waals surface area contributed by atoms with Crippen LogP contribution in [-0.4, -0.2) is 10.8 Å². The van der Waals surface area contributed by atoms with Gasteiger partial charge in [0.05, 0.1) is 11.6 Å². The molecule has 0 aliphatic heterocycles. The Bertz CT molecular complexity index is 600. The molecule has 98 valence electrons. The fourth-order valence-corrected chi connectivity index (χ4v) is 2.74. The molecule has 3 heteroatoms. The molecule has 1 aliphatic carbocycles. The van der Waals surface area contributed by atoms with Gasteiger partial charge in [0, 0.05) is 12.6 Å². The molecular weight excluding hydrogens is 238 g/mol. The van der Waals surface area contributed by atoms with Crippen LogP contribution in [0.3, 0.4) is 0 Å². The first-order valence-electron chi connectivity index (χ1n) is 6.86. The van der Waals surface area contributed by atoms with Gasteiger partial charge in [-0.1, -0.05) is 13.0 Å². The lowest BCUT2D eigenvalue weighted by atomic mass is 9.83. The van der Waals surface area contributed by atoms with Crippen LogP contribution in [0.15, 0.2) is 34.9 Å². The number of nitrogens with zero attached hydrogens (tertiary/aromatic N) is 1. The molecule has 0 fully saturated rings. The zero-order chi connectivity index (χ0) is 13.2. The van der Waals surface area contributed by atoms with Gasteiger partial charge in [0.2, 0.25) is 5.78 Å². The van der Waals surface area contributed by atoms with E-state index < -0.39 is 0 Å². The largest absolute Gasteiger partial charge is 0.458 e. The van der Waals surface area contributed by atoms with Crippen molar-refractivity contribution in [3.05, 3.63) is 53.2 Å². The highest BCUT2D eigenvalue weighted by Crippen LogP contribution is 2.32. The number of hydrogen-bond donors (Lipinski definition) is 0. The lowest BCUT2D eigenvalue weighted by Gasteiger charge is -2.22. The highest BCUT2D eigenvalue weighted by atomic mass is 16.3. The number of hydrogen-bond acceptors (Lipinski definition) is 3. The molecule has 0 amide bonds. The monoisotopic (exact) mass is 255 g/mol. The van der Waals surface area contributed by atoms with Crippen molar-refractivity contribution < 1.29 is 9.21 Å². The van der Waals surface area contributed by atoms with E-state index in [9.17, 15) is 4.79 Å². The summed E-state index contributed by atoms with van der Waals surface area (Å²) in [6.07, 6.45) is 5.50. The van der Waals surface area contributed by atoms with E-state index in [1.54, 1.807) is 12.3 Å². The van der Waals surface area contributed by atoms with E-state index in [1.807, 2.05) is 19.1 Å². The molecule has 0 bridgehead atoms. The predicted molar refractivity (Wildman–Crippen MR) is 72.3 cm³/mol. The van der Waals surface area contributed by atoms with Crippen LogP contribution in [0.1, 0.15) is 53.3 Å². The molecule has 0 spiro atoms. The van der Waals surface area contributed by atoms with Crippen LogP contribution in [0.25, 0.3) is 0 Å². The summed E-state index contributed by atoms with van der Waals surface area (Å²) >= 11 is 0. The second-order valence-electron chi connectivity index (χ2n) is 4.98. The fourth-order valence-electron chi connectivity index (χ4n) is 2.74. The number of rotatable bonds is 3. The van der Waals surface area contributed by atoms with E-state index in [2.05, 4.69) is 11.1 Å². The van der Waals surface area contributed by atoms with Gasteiger partial charge in [-0.2, -0.15) is 0 Å². The molecule has 19 heavy (non-hydrogen) atoms. The zero-order valence-corrected chi connectivity index (χ0v) is 11.1. The van der Waals surface area contributed by atoms with E-state index in [1.165, 1.54) is 5.56 Å². The van der Waals surface area contributed by atoms with Crippen molar-refractivity contribution in [2.45, 2.75) is 38.5 Å².